The van der Waals surface area contributed by atoms with Gasteiger partial charge < -0.3 is 14.4 Å². The zero-order valence-electron chi connectivity index (χ0n) is 18.9. The molecule has 1 aliphatic rings. The Balaban J connectivity index is 2.03. The molecule has 2 heterocycles. The topological polar surface area (TPSA) is 59.8 Å². The summed E-state index contributed by atoms with van der Waals surface area (Å²) in [5.74, 6) is 0.846. The van der Waals surface area contributed by atoms with Crippen molar-refractivity contribution in [2.24, 2.45) is 5.92 Å². The molecule has 1 amide bonds. The number of hydrogen-bond donors (Lipinski definition) is 0. The molecule has 2 aromatic rings. The highest BCUT2D eigenvalue weighted by Crippen LogP contribution is 2.30. The average molecular weight is 415 g/mol. The average Bonchev–Trinajstić information content (AvgIpc) is 3.13. The van der Waals surface area contributed by atoms with Gasteiger partial charge in [0.05, 0.1) is 31.6 Å². The number of amides is 1. The highest BCUT2D eigenvalue weighted by Gasteiger charge is 2.28. The Morgan fingerprint density at radius 1 is 1.27 bits per heavy atom. The van der Waals surface area contributed by atoms with E-state index < -0.39 is 0 Å². The number of carbonyl (C=O) groups is 1. The second-order valence-corrected chi connectivity index (χ2v) is 7.98. The van der Waals surface area contributed by atoms with Gasteiger partial charge in [0.2, 0.25) is 5.91 Å². The van der Waals surface area contributed by atoms with Gasteiger partial charge in [0, 0.05) is 44.6 Å². The van der Waals surface area contributed by atoms with Gasteiger partial charge in [-0.1, -0.05) is 32.9 Å². The van der Waals surface area contributed by atoms with Crippen molar-refractivity contribution in [3.8, 4) is 11.4 Å². The van der Waals surface area contributed by atoms with Crippen LogP contribution in [0.25, 0.3) is 5.69 Å². The number of benzene rings is 1. The van der Waals surface area contributed by atoms with Crippen LogP contribution < -0.4 is 4.74 Å². The first-order valence-corrected chi connectivity index (χ1v) is 10.7. The number of nitrogens with zero attached hydrogens (tertiary/aromatic N) is 4. The lowest BCUT2D eigenvalue weighted by Crippen LogP contribution is -2.37. The minimum atomic E-state index is -0.0684. The number of ether oxygens (including phenoxy) is 2. The number of hydrogen-bond acceptors (Lipinski definition) is 5. The van der Waals surface area contributed by atoms with Gasteiger partial charge in [-0.3, -0.25) is 9.69 Å². The summed E-state index contributed by atoms with van der Waals surface area (Å²) in [5, 5.41) is 5.00. The van der Waals surface area contributed by atoms with E-state index in [2.05, 4.69) is 11.8 Å². The number of fused-ring (bicyclic) bond motifs is 1. The maximum atomic E-state index is 12.8. The molecule has 0 spiro atoms. The second kappa shape index (κ2) is 10.1. The van der Waals surface area contributed by atoms with Crippen LogP contribution in [0.15, 0.2) is 24.3 Å². The van der Waals surface area contributed by atoms with Crippen LogP contribution in [0.4, 0.5) is 0 Å². The molecule has 30 heavy (non-hydrogen) atoms. The SMILES string of the molecule is CCN1CCc2c(c(CN(CCOC)C(=O)C(C)C)nn2-c2ccccc2OC)C1. The fourth-order valence-corrected chi connectivity index (χ4v) is 3.96. The molecule has 1 aromatic carbocycles. The third-order valence-electron chi connectivity index (χ3n) is 5.69. The van der Waals surface area contributed by atoms with Crippen LogP contribution in [0, 0.1) is 5.92 Å². The predicted molar refractivity (Wildman–Crippen MR) is 117 cm³/mol. The predicted octanol–water partition coefficient (Wildman–Crippen LogP) is 2.89. The number of methoxy groups -OCH3 is 2. The lowest BCUT2D eigenvalue weighted by Gasteiger charge is -2.28. The van der Waals surface area contributed by atoms with Gasteiger partial charge in [0.15, 0.2) is 0 Å². The van der Waals surface area contributed by atoms with Crippen molar-refractivity contribution < 1.29 is 14.3 Å². The first kappa shape index (κ1) is 22.3. The van der Waals surface area contributed by atoms with Gasteiger partial charge in [0.1, 0.15) is 11.4 Å². The molecule has 0 saturated carbocycles. The first-order chi connectivity index (χ1) is 14.5. The molecule has 164 valence electrons. The fraction of sp³-hybridized carbons (Fsp3) is 0.565. The molecule has 0 atom stereocenters. The number of carbonyl (C=O) groups excluding carboxylic acids is 1. The van der Waals surface area contributed by atoms with E-state index in [1.807, 2.05) is 47.7 Å². The van der Waals surface area contributed by atoms with Crippen molar-refractivity contribution in [1.29, 1.82) is 0 Å². The Bertz CT molecular complexity index is 862. The summed E-state index contributed by atoms with van der Waals surface area (Å²) in [6.07, 6.45) is 0.921. The number of para-hydroxylation sites is 2. The molecular weight excluding hydrogens is 380 g/mol. The van der Waals surface area contributed by atoms with Crippen molar-refractivity contribution >= 4 is 5.91 Å². The Kier molecular flexibility index (Phi) is 7.50. The van der Waals surface area contributed by atoms with E-state index in [0.717, 1.165) is 43.2 Å². The van der Waals surface area contributed by atoms with E-state index in [9.17, 15) is 4.79 Å². The summed E-state index contributed by atoms with van der Waals surface area (Å²) >= 11 is 0. The molecule has 1 aliphatic heterocycles. The highest BCUT2D eigenvalue weighted by molar-refractivity contribution is 5.78. The molecule has 0 saturated heterocycles. The number of rotatable bonds is 9. The molecular formula is C23H34N4O3. The standard InChI is InChI=1S/C23H34N4O3/c1-6-25-12-11-20-18(15-25)19(16-26(13-14-29-4)23(28)17(2)3)24-27(20)21-9-7-8-10-22(21)30-5/h7-10,17H,6,11-16H2,1-5H3. The minimum Gasteiger partial charge on any atom is -0.494 e. The maximum Gasteiger partial charge on any atom is 0.225 e. The lowest BCUT2D eigenvalue weighted by atomic mass is 10.0. The molecule has 0 radical (unpaired) electrons. The molecule has 7 heteroatoms. The quantitative estimate of drug-likeness (QED) is 0.631. The fourth-order valence-electron chi connectivity index (χ4n) is 3.96. The van der Waals surface area contributed by atoms with E-state index in [-0.39, 0.29) is 11.8 Å². The van der Waals surface area contributed by atoms with Crippen LogP contribution in [-0.4, -0.2) is 65.9 Å². The maximum absolute atomic E-state index is 12.8. The molecule has 3 rings (SSSR count). The molecule has 0 unspecified atom stereocenters. The molecule has 0 N–H and O–H groups in total. The lowest BCUT2D eigenvalue weighted by molar-refractivity contribution is -0.135. The van der Waals surface area contributed by atoms with Gasteiger partial charge in [0.25, 0.3) is 0 Å². The van der Waals surface area contributed by atoms with Gasteiger partial charge in [-0.15, -0.1) is 0 Å². The third-order valence-corrected chi connectivity index (χ3v) is 5.69. The Morgan fingerprint density at radius 2 is 2.03 bits per heavy atom. The van der Waals surface area contributed by atoms with Crippen molar-refractivity contribution in [3.05, 3.63) is 41.2 Å². The summed E-state index contributed by atoms with van der Waals surface area (Å²) < 4.78 is 12.9. The second-order valence-electron chi connectivity index (χ2n) is 7.98. The van der Waals surface area contributed by atoms with Crippen molar-refractivity contribution in [1.82, 2.24) is 19.6 Å². The van der Waals surface area contributed by atoms with Crippen molar-refractivity contribution in [2.75, 3.05) is 40.5 Å². The summed E-state index contributed by atoms with van der Waals surface area (Å²) in [6, 6.07) is 7.95. The summed E-state index contributed by atoms with van der Waals surface area (Å²) in [4.78, 5) is 17.1. The van der Waals surface area contributed by atoms with Crippen molar-refractivity contribution in [2.45, 2.75) is 40.3 Å². The molecule has 7 nitrogen and oxygen atoms in total. The van der Waals surface area contributed by atoms with E-state index in [0.29, 0.717) is 19.7 Å². The van der Waals surface area contributed by atoms with Crippen LogP contribution in [0.3, 0.4) is 0 Å². The normalized spacial score (nSPS) is 14.1. The highest BCUT2D eigenvalue weighted by atomic mass is 16.5. The summed E-state index contributed by atoms with van der Waals surface area (Å²) in [7, 11) is 3.34. The van der Waals surface area contributed by atoms with Crippen LogP contribution in [0.5, 0.6) is 5.75 Å². The van der Waals surface area contributed by atoms with E-state index in [4.69, 9.17) is 14.6 Å². The van der Waals surface area contributed by atoms with Crippen LogP contribution in [-0.2, 0) is 29.0 Å². The molecule has 0 aliphatic carbocycles. The largest absolute Gasteiger partial charge is 0.494 e. The van der Waals surface area contributed by atoms with Crippen LogP contribution in [0.2, 0.25) is 0 Å². The Labute approximate surface area is 179 Å². The minimum absolute atomic E-state index is 0.0684. The smallest absolute Gasteiger partial charge is 0.225 e. The van der Waals surface area contributed by atoms with Crippen LogP contribution >= 0.6 is 0 Å². The third kappa shape index (κ3) is 4.68. The number of likely N-dealkylation sites (N-methyl/N-ethyl adjacent to an activating group) is 1. The van der Waals surface area contributed by atoms with Crippen LogP contribution in [0.1, 0.15) is 37.7 Å². The van der Waals surface area contributed by atoms with Crippen molar-refractivity contribution in [3.63, 3.8) is 0 Å². The van der Waals surface area contributed by atoms with Gasteiger partial charge >= 0.3 is 0 Å². The zero-order valence-corrected chi connectivity index (χ0v) is 18.9. The molecule has 0 fully saturated rings. The van der Waals surface area contributed by atoms with Gasteiger partial charge in [-0.05, 0) is 18.7 Å². The summed E-state index contributed by atoms with van der Waals surface area (Å²) in [5.41, 5.74) is 4.33. The number of aromatic nitrogens is 2. The van der Waals surface area contributed by atoms with Gasteiger partial charge in [-0.2, -0.15) is 5.10 Å². The van der Waals surface area contributed by atoms with Gasteiger partial charge in [-0.25, -0.2) is 4.68 Å². The molecule has 0 bridgehead atoms. The van der Waals surface area contributed by atoms with E-state index in [1.165, 1.54) is 11.3 Å². The van der Waals surface area contributed by atoms with E-state index >= 15 is 0 Å². The monoisotopic (exact) mass is 414 g/mol. The Morgan fingerprint density at radius 3 is 2.70 bits per heavy atom. The first-order valence-electron chi connectivity index (χ1n) is 10.7. The van der Waals surface area contributed by atoms with E-state index in [1.54, 1.807) is 14.2 Å². The zero-order chi connectivity index (χ0) is 21.7. The molecule has 1 aromatic heterocycles. The Hall–Kier alpha value is -2.38. The summed E-state index contributed by atoms with van der Waals surface area (Å²) in [6.45, 7) is 10.5.